The van der Waals surface area contributed by atoms with Crippen LogP contribution in [0.5, 0.6) is 0 Å². The zero-order chi connectivity index (χ0) is 28.5. The molecule has 6 nitrogen and oxygen atoms in total. The molecule has 6 aliphatic rings. The van der Waals surface area contributed by atoms with Gasteiger partial charge < -0.3 is 13.9 Å². The third-order valence-electron chi connectivity index (χ3n) is 11.0. The first-order chi connectivity index (χ1) is 19.6. The highest BCUT2D eigenvalue weighted by Crippen LogP contribution is 2.68. The molecule has 2 aromatic rings. The second kappa shape index (κ2) is 9.74. The second-order valence-corrected chi connectivity index (χ2v) is 18.8. The van der Waals surface area contributed by atoms with E-state index in [-0.39, 0.29) is 34.4 Å². The predicted octanol–water partition coefficient (Wildman–Crippen LogP) is 5.88. The monoisotopic (exact) mass is 576 g/mol. The van der Waals surface area contributed by atoms with Gasteiger partial charge in [-0.3, -0.25) is 4.79 Å². The van der Waals surface area contributed by atoms with Crippen LogP contribution in [0, 0.1) is 23.2 Å². The van der Waals surface area contributed by atoms with Gasteiger partial charge >= 0.3 is 5.97 Å². The molecule has 41 heavy (non-hydrogen) atoms. The van der Waals surface area contributed by atoms with Crippen LogP contribution in [-0.4, -0.2) is 39.1 Å². The van der Waals surface area contributed by atoms with Crippen LogP contribution in [0.15, 0.2) is 60.7 Å². The molecule has 0 radical (unpaired) electrons. The van der Waals surface area contributed by atoms with Gasteiger partial charge in [-0.2, -0.15) is 9.78 Å². The maximum Gasteiger partial charge on any atom is 0.311 e. The lowest BCUT2D eigenvalue weighted by Crippen LogP contribution is -2.68. The van der Waals surface area contributed by atoms with E-state index in [1.54, 1.807) is 0 Å². The molecule has 0 N–H and O–H groups in total. The van der Waals surface area contributed by atoms with Gasteiger partial charge in [-0.25, -0.2) is 0 Å². The summed E-state index contributed by atoms with van der Waals surface area (Å²) in [7, 11) is -1.19. The summed E-state index contributed by atoms with van der Waals surface area (Å²) < 4.78 is 19.9. The molecule has 1 heterocycles. The predicted molar refractivity (Wildman–Crippen MR) is 158 cm³/mol. The smallest absolute Gasteiger partial charge is 0.311 e. The summed E-state index contributed by atoms with van der Waals surface area (Å²) in [5.74, 6) is -0.832. The Morgan fingerprint density at radius 2 is 1.49 bits per heavy atom. The molecule has 6 fully saturated rings. The molecule has 2 spiro atoms. The maximum atomic E-state index is 12.9. The highest BCUT2D eigenvalue weighted by Gasteiger charge is 2.71. The standard InChI is InChI=1S/C34H44O6Si/c1-31(2,3)41(28-13-7-5-8-14-28,29-15-9-6-10-16-29)37-27-12-11-17-33(23-27)38-34(40-39-33)25-18-24-19-26(34)22-32(20-24,21-25)30(35)36-4/h5-10,13-16,24-27H,11-12,17-23H2,1-4H3. The molecule has 8 rings (SSSR count). The van der Waals surface area contributed by atoms with Gasteiger partial charge in [0.15, 0.2) is 0 Å². The van der Waals surface area contributed by atoms with Crippen LogP contribution in [0.2, 0.25) is 5.04 Å². The summed E-state index contributed by atoms with van der Waals surface area (Å²) in [6.07, 6.45) is 7.83. The molecule has 220 valence electrons. The Kier molecular flexibility index (Phi) is 6.60. The summed E-state index contributed by atoms with van der Waals surface area (Å²) in [6, 6.07) is 21.7. The Balaban J connectivity index is 1.18. The largest absolute Gasteiger partial charge is 0.469 e. The number of rotatable bonds is 5. The Morgan fingerprint density at radius 3 is 2.05 bits per heavy atom. The molecule has 0 aromatic heterocycles. The summed E-state index contributed by atoms with van der Waals surface area (Å²) in [6.45, 7) is 6.97. The van der Waals surface area contributed by atoms with E-state index in [0.29, 0.717) is 12.3 Å². The van der Waals surface area contributed by atoms with Gasteiger partial charge in [-0.05, 0) is 66.3 Å². The lowest BCUT2D eigenvalue weighted by Gasteiger charge is -2.60. The number of ether oxygens (including phenoxy) is 2. The van der Waals surface area contributed by atoms with Crippen LogP contribution >= 0.6 is 0 Å². The van der Waals surface area contributed by atoms with Crippen molar-refractivity contribution in [1.82, 2.24) is 0 Å². The number of methoxy groups -OCH3 is 1. The van der Waals surface area contributed by atoms with Crippen LogP contribution in [-0.2, 0) is 28.5 Å². The summed E-state index contributed by atoms with van der Waals surface area (Å²) in [5.41, 5.74) is -0.388. The summed E-state index contributed by atoms with van der Waals surface area (Å²) in [5, 5.41) is 2.47. The van der Waals surface area contributed by atoms with Gasteiger partial charge in [0.1, 0.15) is 0 Å². The van der Waals surface area contributed by atoms with Crippen LogP contribution in [0.25, 0.3) is 0 Å². The van der Waals surface area contributed by atoms with Crippen molar-refractivity contribution in [2.45, 2.75) is 101 Å². The number of carbonyl (C=O) groups excluding carboxylic acids is 1. The van der Waals surface area contributed by atoms with E-state index < -0.39 is 19.9 Å². The lowest BCUT2D eigenvalue weighted by atomic mass is 9.47. The quantitative estimate of drug-likeness (QED) is 0.252. The summed E-state index contributed by atoms with van der Waals surface area (Å²) in [4.78, 5) is 25.6. The molecule has 1 saturated heterocycles. The minimum Gasteiger partial charge on any atom is -0.469 e. The van der Waals surface area contributed by atoms with Gasteiger partial charge in [0, 0.05) is 24.7 Å². The fraction of sp³-hybridized carbons (Fsp3) is 0.618. The van der Waals surface area contributed by atoms with Gasteiger partial charge in [0.2, 0.25) is 11.6 Å². The molecule has 0 amide bonds. The Labute approximate surface area is 245 Å². The fourth-order valence-electron chi connectivity index (χ4n) is 9.52. The third kappa shape index (κ3) is 4.21. The van der Waals surface area contributed by atoms with Crippen molar-refractivity contribution in [3.63, 3.8) is 0 Å². The van der Waals surface area contributed by atoms with Crippen molar-refractivity contribution < 1.29 is 28.5 Å². The van der Waals surface area contributed by atoms with Crippen LogP contribution < -0.4 is 10.4 Å². The first-order valence-corrected chi connectivity index (χ1v) is 17.5. The van der Waals surface area contributed by atoms with Gasteiger partial charge in [0.05, 0.1) is 18.6 Å². The number of esters is 1. The molecular weight excluding hydrogens is 532 g/mol. The van der Waals surface area contributed by atoms with E-state index >= 15 is 0 Å². The third-order valence-corrected chi connectivity index (χ3v) is 16.1. The number of hydrogen-bond acceptors (Lipinski definition) is 6. The molecule has 7 heteroatoms. The van der Waals surface area contributed by atoms with Crippen molar-refractivity contribution in [1.29, 1.82) is 0 Å². The molecular formula is C34H44O6Si. The topological polar surface area (TPSA) is 63.2 Å². The molecule has 4 unspecified atom stereocenters. The molecule has 4 bridgehead atoms. The van der Waals surface area contributed by atoms with E-state index in [9.17, 15) is 4.79 Å². The number of carbonyl (C=O) groups is 1. The van der Waals surface area contributed by atoms with Crippen molar-refractivity contribution in [3.05, 3.63) is 60.7 Å². The van der Waals surface area contributed by atoms with Gasteiger partial charge in [-0.1, -0.05) is 81.4 Å². The van der Waals surface area contributed by atoms with E-state index in [1.165, 1.54) is 17.5 Å². The first kappa shape index (κ1) is 27.8. The van der Waals surface area contributed by atoms with Gasteiger partial charge in [-0.15, -0.1) is 0 Å². The van der Waals surface area contributed by atoms with Crippen molar-refractivity contribution >= 4 is 24.7 Å². The second-order valence-electron chi connectivity index (χ2n) is 14.5. The molecule has 5 aliphatic carbocycles. The van der Waals surface area contributed by atoms with Gasteiger partial charge in [0.25, 0.3) is 8.32 Å². The first-order valence-electron chi connectivity index (χ1n) is 15.6. The fourth-order valence-corrected chi connectivity index (χ4v) is 14.2. The molecule has 1 aliphatic heterocycles. The van der Waals surface area contributed by atoms with E-state index in [1.807, 2.05) is 0 Å². The van der Waals surface area contributed by atoms with Crippen LogP contribution in [0.4, 0.5) is 0 Å². The van der Waals surface area contributed by atoms with Crippen LogP contribution in [0.1, 0.15) is 78.6 Å². The average molecular weight is 577 g/mol. The average Bonchev–Trinajstić information content (AvgIpc) is 3.33. The van der Waals surface area contributed by atoms with Crippen LogP contribution in [0.3, 0.4) is 0 Å². The highest BCUT2D eigenvalue weighted by molar-refractivity contribution is 6.99. The van der Waals surface area contributed by atoms with Crippen molar-refractivity contribution in [2.24, 2.45) is 23.2 Å². The Bertz CT molecular complexity index is 1220. The van der Waals surface area contributed by atoms with Crippen molar-refractivity contribution in [2.75, 3.05) is 7.11 Å². The lowest BCUT2D eigenvalue weighted by molar-refractivity contribution is -0.394. The molecule has 4 atom stereocenters. The zero-order valence-corrected chi connectivity index (χ0v) is 25.9. The maximum absolute atomic E-state index is 12.9. The van der Waals surface area contributed by atoms with E-state index in [0.717, 1.165) is 51.4 Å². The van der Waals surface area contributed by atoms with E-state index in [2.05, 4.69) is 81.4 Å². The Hall–Kier alpha value is -2.03. The van der Waals surface area contributed by atoms with Crippen molar-refractivity contribution in [3.8, 4) is 0 Å². The molecule has 5 saturated carbocycles. The summed E-state index contributed by atoms with van der Waals surface area (Å²) >= 11 is 0. The number of hydrogen-bond donors (Lipinski definition) is 0. The normalized spacial score (nSPS) is 38.0. The highest BCUT2D eigenvalue weighted by atomic mass is 28.4. The molecule has 2 aromatic carbocycles. The SMILES string of the molecule is COC(=O)C12CC3CC(C1)C1(OOC4(CCCC(O[Si](c5ccccc5)(c5ccccc5)C(C)(C)C)C4)O1)C(C3)C2. The zero-order valence-electron chi connectivity index (χ0n) is 24.9. The minimum atomic E-state index is -2.71. The Morgan fingerprint density at radius 1 is 0.878 bits per heavy atom. The number of benzene rings is 2. The minimum absolute atomic E-state index is 0.0213. The van der Waals surface area contributed by atoms with E-state index in [4.69, 9.17) is 23.7 Å².